The van der Waals surface area contributed by atoms with Crippen molar-refractivity contribution in [2.24, 2.45) is 0 Å². The van der Waals surface area contributed by atoms with E-state index in [9.17, 15) is 4.79 Å². The Kier molecular flexibility index (Phi) is 3.76. The third-order valence-electron chi connectivity index (χ3n) is 2.57. The number of hydrogen-bond acceptors (Lipinski definition) is 3. The number of rotatable bonds is 2. The first-order chi connectivity index (χ1) is 8.08. The summed E-state index contributed by atoms with van der Waals surface area (Å²) in [6.07, 6.45) is 1.26. The van der Waals surface area contributed by atoms with E-state index in [1.807, 2.05) is 0 Å². The number of halogens is 2. The minimum Gasteiger partial charge on any atom is -0.396 e. The van der Waals surface area contributed by atoms with E-state index in [-0.39, 0.29) is 12.0 Å². The summed E-state index contributed by atoms with van der Waals surface area (Å²) in [5.41, 5.74) is 6.43. The number of nitrogens with two attached hydrogens (primary N) is 1. The van der Waals surface area contributed by atoms with Gasteiger partial charge in [0.25, 0.3) is 5.91 Å². The largest absolute Gasteiger partial charge is 0.396 e. The molecule has 1 unspecified atom stereocenters. The van der Waals surface area contributed by atoms with Crippen LogP contribution in [0.4, 0.5) is 11.4 Å². The molecule has 1 aromatic rings. The van der Waals surface area contributed by atoms with Crippen LogP contribution < -0.4 is 11.1 Å². The summed E-state index contributed by atoms with van der Waals surface area (Å²) in [7, 11) is 0. The number of carbonyl (C=O) groups is 1. The summed E-state index contributed by atoms with van der Waals surface area (Å²) in [6, 6.07) is 3.13. The monoisotopic (exact) mass is 274 g/mol. The number of amides is 1. The highest BCUT2D eigenvalue weighted by Crippen LogP contribution is 2.31. The number of nitrogen functional groups attached to an aromatic ring is 1. The Morgan fingerprint density at radius 1 is 1.41 bits per heavy atom. The average Bonchev–Trinajstić information content (AvgIpc) is 2.79. The maximum atomic E-state index is 11.8. The number of anilines is 2. The molecule has 1 aliphatic heterocycles. The Labute approximate surface area is 109 Å². The van der Waals surface area contributed by atoms with E-state index in [1.165, 1.54) is 0 Å². The molecule has 0 spiro atoms. The first-order valence-corrected chi connectivity index (χ1v) is 6.00. The van der Waals surface area contributed by atoms with Crippen LogP contribution in [-0.2, 0) is 9.53 Å². The quantitative estimate of drug-likeness (QED) is 0.815. The van der Waals surface area contributed by atoms with E-state index in [0.717, 1.165) is 12.8 Å². The molecule has 4 nitrogen and oxygen atoms in total. The number of benzene rings is 1. The maximum Gasteiger partial charge on any atom is 0.253 e. The van der Waals surface area contributed by atoms with Crippen LogP contribution in [0.5, 0.6) is 0 Å². The lowest BCUT2D eigenvalue weighted by molar-refractivity contribution is -0.124. The fraction of sp³-hybridized carbons (Fsp3) is 0.364. The SMILES string of the molecule is Nc1c(Cl)cc(NC(=O)C2CCCO2)cc1Cl. The van der Waals surface area contributed by atoms with Gasteiger partial charge in [0.1, 0.15) is 6.10 Å². The molecule has 0 radical (unpaired) electrons. The van der Waals surface area contributed by atoms with Crippen molar-refractivity contribution in [3.63, 3.8) is 0 Å². The van der Waals surface area contributed by atoms with Crippen molar-refractivity contribution in [1.82, 2.24) is 0 Å². The lowest BCUT2D eigenvalue weighted by Crippen LogP contribution is -2.26. The van der Waals surface area contributed by atoms with Gasteiger partial charge >= 0.3 is 0 Å². The van der Waals surface area contributed by atoms with Crippen molar-refractivity contribution >= 4 is 40.5 Å². The standard InChI is InChI=1S/C11H12Cl2N2O2/c12-7-4-6(5-8(13)10(7)14)15-11(16)9-2-1-3-17-9/h4-5,9H,1-3,14H2,(H,15,16). The van der Waals surface area contributed by atoms with Gasteiger partial charge in [-0.25, -0.2) is 0 Å². The lowest BCUT2D eigenvalue weighted by atomic mass is 10.2. The van der Waals surface area contributed by atoms with Gasteiger partial charge in [-0.2, -0.15) is 0 Å². The van der Waals surface area contributed by atoms with E-state index in [0.29, 0.717) is 28.0 Å². The van der Waals surface area contributed by atoms with Gasteiger partial charge in [-0.15, -0.1) is 0 Å². The molecular weight excluding hydrogens is 263 g/mol. The Morgan fingerprint density at radius 2 is 2.06 bits per heavy atom. The van der Waals surface area contributed by atoms with E-state index >= 15 is 0 Å². The molecule has 0 saturated carbocycles. The molecule has 1 atom stereocenters. The summed E-state index contributed by atoms with van der Waals surface area (Å²) < 4.78 is 5.27. The normalized spacial score (nSPS) is 19.3. The molecule has 1 fully saturated rings. The minimum absolute atomic E-state index is 0.181. The second-order valence-electron chi connectivity index (χ2n) is 3.84. The molecule has 1 aliphatic rings. The second-order valence-corrected chi connectivity index (χ2v) is 4.66. The predicted molar refractivity (Wildman–Crippen MR) is 68.5 cm³/mol. The van der Waals surface area contributed by atoms with Gasteiger partial charge in [0.2, 0.25) is 0 Å². The van der Waals surface area contributed by atoms with Crippen LogP contribution in [0.1, 0.15) is 12.8 Å². The van der Waals surface area contributed by atoms with E-state index in [4.69, 9.17) is 33.7 Å². The first-order valence-electron chi connectivity index (χ1n) is 5.25. The number of hydrogen-bond donors (Lipinski definition) is 2. The van der Waals surface area contributed by atoms with Crippen LogP contribution in [0, 0.1) is 0 Å². The van der Waals surface area contributed by atoms with Crippen molar-refractivity contribution in [2.45, 2.75) is 18.9 Å². The highest BCUT2D eigenvalue weighted by atomic mass is 35.5. The summed E-state index contributed by atoms with van der Waals surface area (Å²) >= 11 is 11.7. The van der Waals surface area contributed by atoms with Gasteiger partial charge in [0, 0.05) is 12.3 Å². The topological polar surface area (TPSA) is 64.3 Å². The molecule has 1 amide bonds. The zero-order chi connectivity index (χ0) is 12.4. The van der Waals surface area contributed by atoms with Gasteiger partial charge in [-0.05, 0) is 25.0 Å². The average molecular weight is 275 g/mol. The van der Waals surface area contributed by atoms with Crippen molar-refractivity contribution in [3.05, 3.63) is 22.2 Å². The summed E-state index contributed by atoms with van der Waals surface area (Å²) in [4.78, 5) is 11.8. The van der Waals surface area contributed by atoms with Crippen molar-refractivity contribution < 1.29 is 9.53 Å². The molecule has 0 bridgehead atoms. The molecule has 1 aromatic carbocycles. The lowest BCUT2D eigenvalue weighted by Gasteiger charge is -2.11. The molecule has 2 rings (SSSR count). The Bertz CT molecular complexity index is 422. The molecule has 1 saturated heterocycles. The molecule has 0 aliphatic carbocycles. The van der Waals surface area contributed by atoms with E-state index in [2.05, 4.69) is 5.32 Å². The Hall–Kier alpha value is -0.970. The summed E-state index contributed by atoms with van der Waals surface area (Å²) in [6.45, 7) is 0.626. The van der Waals surface area contributed by atoms with Crippen LogP contribution in [0.25, 0.3) is 0 Å². The maximum absolute atomic E-state index is 11.8. The highest BCUT2D eigenvalue weighted by molar-refractivity contribution is 6.39. The summed E-state index contributed by atoms with van der Waals surface area (Å²) in [5, 5.41) is 3.34. The van der Waals surface area contributed by atoms with Crippen LogP contribution in [0.2, 0.25) is 10.0 Å². The molecule has 1 heterocycles. The van der Waals surface area contributed by atoms with Crippen molar-refractivity contribution in [1.29, 1.82) is 0 Å². The van der Waals surface area contributed by atoms with E-state index < -0.39 is 0 Å². The molecular formula is C11H12Cl2N2O2. The molecule has 3 N–H and O–H groups in total. The number of ether oxygens (including phenoxy) is 1. The Morgan fingerprint density at radius 3 is 2.59 bits per heavy atom. The molecule has 17 heavy (non-hydrogen) atoms. The highest BCUT2D eigenvalue weighted by Gasteiger charge is 2.23. The van der Waals surface area contributed by atoms with Crippen molar-refractivity contribution in [2.75, 3.05) is 17.7 Å². The Balaban J connectivity index is 2.10. The minimum atomic E-state index is -0.384. The van der Waals surface area contributed by atoms with Crippen LogP contribution >= 0.6 is 23.2 Å². The fourth-order valence-electron chi connectivity index (χ4n) is 1.66. The smallest absolute Gasteiger partial charge is 0.253 e. The molecule has 6 heteroatoms. The van der Waals surface area contributed by atoms with Gasteiger partial charge in [0.15, 0.2) is 0 Å². The van der Waals surface area contributed by atoms with Crippen LogP contribution in [-0.4, -0.2) is 18.6 Å². The van der Waals surface area contributed by atoms with Crippen LogP contribution in [0.15, 0.2) is 12.1 Å². The first kappa shape index (κ1) is 12.5. The zero-order valence-corrected chi connectivity index (χ0v) is 10.5. The van der Waals surface area contributed by atoms with Gasteiger partial charge < -0.3 is 15.8 Å². The fourth-order valence-corrected chi connectivity index (χ4v) is 2.15. The third kappa shape index (κ3) is 2.83. The summed E-state index contributed by atoms with van der Waals surface area (Å²) in [5.74, 6) is -0.181. The third-order valence-corrected chi connectivity index (χ3v) is 3.19. The molecule has 0 aromatic heterocycles. The van der Waals surface area contributed by atoms with Gasteiger partial charge in [-0.3, -0.25) is 4.79 Å². The van der Waals surface area contributed by atoms with Crippen molar-refractivity contribution in [3.8, 4) is 0 Å². The molecule has 92 valence electrons. The second kappa shape index (κ2) is 5.12. The number of nitrogens with one attached hydrogen (secondary N) is 1. The predicted octanol–water partition coefficient (Wildman–Crippen LogP) is 2.69. The van der Waals surface area contributed by atoms with Gasteiger partial charge in [0.05, 0.1) is 15.7 Å². The number of carbonyl (C=O) groups excluding carboxylic acids is 1. The van der Waals surface area contributed by atoms with Crippen LogP contribution in [0.3, 0.4) is 0 Å². The van der Waals surface area contributed by atoms with Gasteiger partial charge in [-0.1, -0.05) is 23.2 Å². The zero-order valence-electron chi connectivity index (χ0n) is 9.00. The van der Waals surface area contributed by atoms with E-state index in [1.54, 1.807) is 12.1 Å².